The van der Waals surface area contributed by atoms with Crippen molar-refractivity contribution in [3.63, 3.8) is 0 Å². The summed E-state index contributed by atoms with van der Waals surface area (Å²) in [5.74, 6) is 0. The van der Waals surface area contributed by atoms with Crippen molar-refractivity contribution in [1.29, 1.82) is 0 Å². The van der Waals surface area contributed by atoms with Crippen molar-refractivity contribution in [3.05, 3.63) is 168 Å². The maximum absolute atomic E-state index is 7.49. The first-order chi connectivity index (χ1) is 23.3. The maximum atomic E-state index is 7.49. The number of hydrogen-bond acceptors (Lipinski definition) is 5. The van der Waals surface area contributed by atoms with Gasteiger partial charge in [-0.1, -0.05) is 172 Å². The molecule has 48 heavy (non-hydrogen) atoms. The molecule has 5 nitrogen and oxygen atoms in total. The summed E-state index contributed by atoms with van der Waals surface area (Å²) in [6.07, 6.45) is -0.421. The Balaban J connectivity index is 1.49. The second-order valence-corrected chi connectivity index (χ2v) is 17.8. The molecule has 0 spiro atoms. The molecular weight excluding hydrogens is 611 g/mol. The number of benzene rings is 5. The van der Waals surface area contributed by atoms with Gasteiger partial charge < -0.3 is 13.9 Å². The van der Waals surface area contributed by atoms with Gasteiger partial charge in [-0.15, -0.1) is 0 Å². The molecule has 6 heteroatoms. The third-order valence-corrected chi connectivity index (χ3v) is 13.8. The van der Waals surface area contributed by atoms with Crippen LogP contribution in [0.25, 0.3) is 0 Å². The van der Waals surface area contributed by atoms with Crippen LogP contribution in [0.4, 0.5) is 0 Å². The van der Waals surface area contributed by atoms with E-state index in [1.54, 1.807) is 0 Å². The molecule has 250 valence electrons. The molecule has 0 radical (unpaired) electrons. The molecule has 0 amide bonds. The summed E-state index contributed by atoms with van der Waals surface area (Å²) in [7, 11) is -2.87. The van der Waals surface area contributed by atoms with E-state index in [4.69, 9.17) is 18.7 Å². The van der Waals surface area contributed by atoms with E-state index >= 15 is 0 Å². The lowest BCUT2D eigenvalue weighted by Gasteiger charge is -2.46. The lowest BCUT2D eigenvalue weighted by Crippen LogP contribution is -2.69. The van der Waals surface area contributed by atoms with Gasteiger partial charge in [-0.2, -0.15) is 5.48 Å². The van der Waals surface area contributed by atoms with Gasteiger partial charge in [-0.05, 0) is 39.0 Å². The van der Waals surface area contributed by atoms with Gasteiger partial charge in [0.25, 0.3) is 8.32 Å². The fourth-order valence-electron chi connectivity index (χ4n) is 6.11. The maximum Gasteiger partial charge on any atom is 0.261 e. The fourth-order valence-corrected chi connectivity index (χ4v) is 10.8. The molecule has 0 bridgehead atoms. The smallest absolute Gasteiger partial charge is 0.261 e. The van der Waals surface area contributed by atoms with Crippen LogP contribution in [0.3, 0.4) is 0 Å². The van der Waals surface area contributed by atoms with Gasteiger partial charge in [0, 0.05) is 0 Å². The van der Waals surface area contributed by atoms with Crippen molar-refractivity contribution in [1.82, 2.24) is 5.48 Å². The zero-order valence-electron chi connectivity index (χ0n) is 28.7. The Kier molecular flexibility index (Phi) is 12.5. The third kappa shape index (κ3) is 9.17. The van der Waals surface area contributed by atoms with Crippen molar-refractivity contribution in [2.45, 2.75) is 64.2 Å². The molecule has 5 rings (SSSR count). The first-order valence-electron chi connectivity index (χ1n) is 16.8. The number of ether oxygens (including phenoxy) is 2. The molecule has 5 aromatic rings. The molecule has 0 saturated carbocycles. The molecule has 0 aliphatic carbocycles. The Morgan fingerprint density at radius 2 is 0.958 bits per heavy atom. The minimum Gasteiger partial charge on any atom is -0.405 e. The first-order valence-corrected chi connectivity index (χ1v) is 18.7. The highest BCUT2D eigenvalue weighted by molar-refractivity contribution is 6.99. The van der Waals surface area contributed by atoms with Crippen LogP contribution in [-0.2, 0) is 38.6 Å². The Morgan fingerprint density at radius 3 is 1.42 bits per heavy atom. The van der Waals surface area contributed by atoms with Crippen molar-refractivity contribution < 1.29 is 18.7 Å². The summed E-state index contributed by atoms with van der Waals surface area (Å²) in [4.78, 5) is 6.29. The largest absolute Gasteiger partial charge is 0.405 e. The highest BCUT2D eigenvalue weighted by Gasteiger charge is 2.52. The SMILES string of the molecule is CC(C)(C)[Si](OC[C@@](C)(NOCc1ccccc1)[C@H](COCc1ccccc1)OCc1ccccc1)(c1ccccc1)c1ccccc1. The standard InChI is InChI=1S/C42H49NO4Si/c1-41(2,3)48(38-26-16-8-17-27-38,39-28-18-9-19-29-39)47-34-42(4,43-46-32-37-24-14-7-15-25-37)40(45-31-36-22-12-6-13-23-36)33-44-30-35-20-10-5-11-21-35/h5-29,40,43H,30-34H2,1-4H3/t40-,42+/m0/s1. The van der Waals surface area contributed by atoms with Crippen molar-refractivity contribution in [2.24, 2.45) is 0 Å². The second-order valence-electron chi connectivity index (χ2n) is 13.5. The van der Waals surface area contributed by atoms with E-state index in [-0.39, 0.29) is 5.04 Å². The minimum absolute atomic E-state index is 0.189. The van der Waals surface area contributed by atoms with Crippen LogP contribution in [0.1, 0.15) is 44.4 Å². The Bertz CT molecular complexity index is 1580. The predicted molar refractivity (Wildman–Crippen MR) is 197 cm³/mol. The number of hydroxylamine groups is 1. The summed E-state index contributed by atoms with van der Waals surface area (Å²) < 4.78 is 20.6. The zero-order valence-corrected chi connectivity index (χ0v) is 29.7. The van der Waals surface area contributed by atoms with Gasteiger partial charge in [0.15, 0.2) is 0 Å². The van der Waals surface area contributed by atoms with E-state index in [2.05, 4.69) is 130 Å². The number of rotatable bonds is 17. The second kappa shape index (κ2) is 17.0. The van der Waals surface area contributed by atoms with Crippen LogP contribution < -0.4 is 15.9 Å². The summed E-state index contributed by atoms with van der Waals surface area (Å²) >= 11 is 0. The Labute approximate surface area is 288 Å². The average molecular weight is 660 g/mol. The van der Waals surface area contributed by atoms with Crippen molar-refractivity contribution >= 4 is 18.7 Å². The Hall–Kier alpha value is -3.88. The fraction of sp³-hybridized carbons (Fsp3) is 0.286. The molecule has 2 atom stereocenters. The summed E-state index contributed by atoms with van der Waals surface area (Å²) in [5, 5.41) is 2.25. The normalized spacial score (nSPS) is 13.9. The van der Waals surface area contributed by atoms with E-state index < -0.39 is 20.0 Å². The van der Waals surface area contributed by atoms with Gasteiger partial charge >= 0.3 is 0 Å². The van der Waals surface area contributed by atoms with Gasteiger partial charge in [0.05, 0.1) is 38.6 Å². The molecule has 0 aliphatic rings. The predicted octanol–water partition coefficient (Wildman–Crippen LogP) is 7.85. The van der Waals surface area contributed by atoms with Crippen LogP contribution in [0, 0.1) is 0 Å². The highest BCUT2D eigenvalue weighted by atomic mass is 28.4. The zero-order chi connectivity index (χ0) is 33.7. The average Bonchev–Trinajstić information content (AvgIpc) is 3.11. The molecule has 0 aliphatic heterocycles. The topological polar surface area (TPSA) is 49.0 Å². The van der Waals surface area contributed by atoms with Gasteiger partial charge in [0.1, 0.15) is 6.10 Å². The number of nitrogens with one attached hydrogen (secondary N) is 1. The highest BCUT2D eigenvalue weighted by Crippen LogP contribution is 2.37. The minimum atomic E-state index is -2.87. The quantitative estimate of drug-likeness (QED) is 0.0814. The number of hydrogen-bond donors (Lipinski definition) is 1. The van der Waals surface area contributed by atoms with E-state index in [1.165, 1.54) is 10.4 Å². The van der Waals surface area contributed by atoms with Gasteiger partial charge in [-0.3, -0.25) is 4.84 Å². The molecule has 0 saturated heterocycles. The van der Waals surface area contributed by atoms with Crippen molar-refractivity contribution in [2.75, 3.05) is 13.2 Å². The molecular formula is C42H49NO4Si. The molecule has 0 aromatic heterocycles. The molecule has 5 aromatic carbocycles. The van der Waals surface area contributed by atoms with E-state index in [0.29, 0.717) is 33.0 Å². The van der Waals surface area contributed by atoms with Crippen LogP contribution in [-0.4, -0.2) is 33.2 Å². The van der Waals surface area contributed by atoms with Gasteiger partial charge in [0.2, 0.25) is 0 Å². The summed E-state index contributed by atoms with van der Waals surface area (Å²) in [5.41, 5.74) is 5.92. The summed E-state index contributed by atoms with van der Waals surface area (Å²) in [6, 6.07) is 52.1. The summed E-state index contributed by atoms with van der Waals surface area (Å²) in [6.45, 7) is 11.0. The van der Waals surface area contributed by atoms with Crippen molar-refractivity contribution in [3.8, 4) is 0 Å². The van der Waals surface area contributed by atoms with E-state index in [0.717, 1.165) is 16.7 Å². The lowest BCUT2D eigenvalue weighted by atomic mass is 9.97. The molecule has 0 fully saturated rings. The van der Waals surface area contributed by atoms with Crippen LogP contribution in [0.15, 0.2) is 152 Å². The van der Waals surface area contributed by atoms with Crippen LogP contribution >= 0.6 is 0 Å². The van der Waals surface area contributed by atoms with E-state index in [1.807, 2.05) is 54.6 Å². The molecule has 0 unspecified atom stereocenters. The van der Waals surface area contributed by atoms with Crippen LogP contribution in [0.2, 0.25) is 5.04 Å². The monoisotopic (exact) mass is 659 g/mol. The molecule has 0 heterocycles. The van der Waals surface area contributed by atoms with Gasteiger partial charge in [-0.25, -0.2) is 0 Å². The Morgan fingerprint density at radius 1 is 0.542 bits per heavy atom. The first kappa shape index (κ1) is 35.4. The third-order valence-electron chi connectivity index (χ3n) is 8.78. The van der Waals surface area contributed by atoms with Crippen LogP contribution in [0.5, 0.6) is 0 Å². The van der Waals surface area contributed by atoms with E-state index in [9.17, 15) is 0 Å². The molecule has 1 N–H and O–H groups in total. The lowest BCUT2D eigenvalue weighted by molar-refractivity contribution is -0.137.